The summed E-state index contributed by atoms with van der Waals surface area (Å²) in [4.78, 5) is 24.4. The molecule has 2 rings (SSSR count). The molecule has 1 atom stereocenters. The van der Waals surface area contributed by atoms with E-state index in [1.54, 1.807) is 31.2 Å². The number of para-hydroxylation sites is 2. The fraction of sp³-hybridized carbons (Fsp3) is 0.273. The Kier molecular flexibility index (Phi) is 2.52. The molecule has 0 radical (unpaired) electrons. The number of anilines is 2. The smallest absolute Gasteiger partial charge is 0.319 e. The van der Waals surface area contributed by atoms with Gasteiger partial charge in [-0.2, -0.15) is 0 Å². The van der Waals surface area contributed by atoms with Crippen LogP contribution in [-0.2, 0) is 4.79 Å². The number of carbonyl (C=O) groups is 2. The van der Waals surface area contributed by atoms with Gasteiger partial charge in [-0.25, -0.2) is 4.79 Å². The second kappa shape index (κ2) is 3.84. The Hall–Kier alpha value is -2.04. The van der Waals surface area contributed by atoms with E-state index in [0.29, 0.717) is 11.4 Å². The molecule has 3 amide bonds. The van der Waals surface area contributed by atoms with Crippen LogP contribution in [0.5, 0.6) is 0 Å². The topological polar surface area (TPSA) is 75.4 Å². The van der Waals surface area contributed by atoms with E-state index in [0.717, 1.165) is 0 Å². The number of rotatable bonds is 0. The molecule has 0 aromatic heterocycles. The van der Waals surface area contributed by atoms with E-state index in [1.807, 2.05) is 0 Å². The highest BCUT2D eigenvalue weighted by Crippen LogP contribution is 2.30. The Morgan fingerprint density at radius 2 is 2.19 bits per heavy atom. The van der Waals surface area contributed by atoms with Gasteiger partial charge in [-0.05, 0) is 19.1 Å². The number of hydrogen-bond acceptors (Lipinski definition) is 2. The van der Waals surface area contributed by atoms with E-state index in [-0.39, 0.29) is 18.4 Å². The average Bonchev–Trinajstić information content (AvgIpc) is 2.31. The molecule has 16 heavy (non-hydrogen) atoms. The van der Waals surface area contributed by atoms with Gasteiger partial charge in [0.1, 0.15) is 0 Å². The second-order valence-corrected chi connectivity index (χ2v) is 3.83. The molecule has 0 fully saturated rings. The molecule has 0 saturated heterocycles. The van der Waals surface area contributed by atoms with Crippen LogP contribution in [0.3, 0.4) is 0 Å². The van der Waals surface area contributed by atoms with Gasteiger partial charge < -0.3 is 11.1 Å². The molecule has 5 nitrogen and oxygen atoms in total. The van der Waals surface area contributed by atoms with Gasteiger partial charge in [0, 0.05) is 12.5 Å². The molecule has 1 aromatic rings. The monoisotopic (exact) mass is 219 g/mol. The standard InChI is InChI=1S/C11H13N3O2/c1-7-6-10(15)13-8-4-2-3-5-9(8)14(7)11(12)16/h2-5,7H,6H2,1H3,(H2,12,16)(H,13,15)/t7-/m0/s1. The fourth-order valence-electron chi connectivity index (χ4n) is 1.92. The summed E-state index contributed by atoms with van der Waals surface area (Å²) < 4.78 is 0. The lowest BCUT2D eigenvalue weighted by molar-refractivity contribution is -0.116. The van der Waals surface area contributed by atoms with Crippen molar-refractivity contribution in [3.05, 3.63) is 24.3 Å². The maximum absolute atomic E-state index is 11.5. The summed E-state index contributed by atoms with van der Waals surface area (Å²) in [5, 5.41) is 2.75. The number of nitrogens with one attached hydrogen (secondary N) is 1. The van der Waals surface area contributed by atoms with E-state index >= 15 is 0 Å². The van der Waals surface area contributed by atoms with Crippen molar-refractivity contribution in [3.63, 3.8) is 0 Å². The van der Waals surface area contributed by atoms with Crippen molar-refractivity contribution in [1.29, 1.82) is 0 Å². The predicted molar refractivity (Wildman–Crippen MR) is 61.2 cm³/mol. The Morgan fingerprint density at radius 3 is 2.88 bits per heavy atom. The summed E-state index contributed by atoms with van der Waals surface area (Å²) in [6, 6.07) is 6.34. The number of urea groups is 1. The Labute approximate surface area is 93.2 Å². The van der Waals surface area contributed by atoms with Crippen LogP contribution in [0, 0.1) is 0 Å². The molecule has 84 valence electrons. The van der Waals surface area contributed by atoms with E-state index in [2.05, 4.69) is 5.32 Å². The number of fused-ring (bicyclic) bond motifs is 1. The molecule has 3 N–H and O–H groups in total. The predicted octanol–water partition coefficient (Wildman–Crippen LogP) is 1.30. The first-order valence-electron chi connectivity index (χ1n) is 5.07. The minimum atomic E-state index is -0.545. The highest BCUT2D eigenvalue weighted by Gasteiger charge is 2.27. The van der Waals surface area contributed by atoms with E-state index in [4.69, 9.17) is 5.73 Å². The first-order chi connectivity index (χ1) is 7.59. The molecule has 0 saturated carbocycles. The van der Waals surface area contributed by atoms with Gasteiger partial charge in [-0.1, -0.05) is 12.1 Å². The number of hydrogen-bond donors (Lipinski definition) is 2. The van der Waals surface area contributed by atoms with Gasteiger partial charge in [0.2, 0.25) is 5.91 Å². The van der Waals surface area contributed by atoms with Gasteiger partial charge >= 0.3 is 6.03 Å². The summed E-state index contributed by atoms with van der Waals surface area (Å²) in [6.45, 7) is 1.80. The number of amides is 3. The Morgan fingerprint density at radius 1 is 1.50 bits per heavy atom. The Balaban J connectivity index is 2.53. The van der Waals surface area contributed by atoms with Crippen molar-refractivity contribution in [2.45, 2.75) is 19.4 Å². The first-order valence-corrected chi connectivity index (χ1v) is 5.07. The molecule has 1 aliphatic rings. The van der Waals surface area contributed by atoms with Gasteiger partial charge in [-0.3, -0.25) is 9.69 Å². The number of primary amides is 1. The number of benzene rings is 1. The third-order valence-corrected chi connectivity index (χ3v) is 2.60. The van der Waals surface area contributed by atoms with Crippen LogP contribution >= 0.6 is 0 Å². The molecule has 1 heterocycles. The van der Waals surface area contributed by atoms with Crippen LogP contribution < -0.4 is 16.0 Å². The number of carbonyl (C=O) groups excluding carboxylic acids is 2. The lowest BCUT2D eigenvalue weighted by atomic mass is 10.2. The number of nitrogens with zero attached hydrogens (tertiary/aromatic N) is 1. The van der Waals surface area contributed by atoms with Crippen molar-refractivity contribution < 1.29 is 9.59 Å². The molecular formula is C11H13N3O2. The van der Waals surface area contributed by atoms with Crippen molar-refractivity contribution >= 4 is 23.3 Å². The largest absolute Gasteiger partial charge is 0.351 e. The number of nitrogens with two attached hydrogens (primary N) is 1. The zero-order valence-corrected chi connectivity index (χ0v) is 8.93. The second-order valence-electron chi connectivity index (χ2n) is 3.83. The summed E-state index contributed by atoms with van der Waals surface area (Å²) in [5.41, 5.74) is 6.60. The van der Waals surface area contributed by atoms with Crippen LogP contribution in [0.15, 0.2) is 24.3 Å². The van der Waals surface area contributed by atoms with Gasteiger partial charge in [-0.15, -0.1) is 0 Å². The normalized spacial score (nSPS) is 19.7. The van der Waals surface area contributed by atoms with Crippen LogP contribution in [0.25, 0.3) is 0 Å². The molecule has 1 aliphatic heterocycles. The highest BCUT2D eigenvalue weighted by atomic mass is 16.2. The summed E-state index contributed by atoms with van der Waals surface area (Å²) >= 11 is 0. The highest BCUT2D eigenvalue weighted by molar-refractivity contribution is 6.03. The summed E-state index contributed by atoms with van der Waals surface area (Å²) in [7, 11) is 0. The average molecular weight is 219 g/mol. The van der Waals surface area contributed by atoms with Crippen molar-refractivity contribution in [2.75, 3.05) is 10.2 Å². The lowest BCUT2D eigenvalue weighted by Gasteiger charge is -2.25. The quantitative estimate of drug-likeness (QED) is 0.690. The minimum Gasteiger partial charge on any atom is -0.351 e. The molecular weight excluding hydrogens is 206 g/mol. The third kappa shape index (κ3) is 1.71. The van der Waals surface area contributed by atoms with Crippen LogP contribution in [0.4, 0.5) is 16.2 Å². The summed E-state index contributed by atoms with van der Waals surface area (Å²) in [6.07, 6.45) is 0.248. The first kappa shape index (κ1) is 10.5. The maximum Gasteiger partial charge on any atom is 0.319 e. The zero-order chi connectivity index (χ0) is 11.7. The molecule has 0 aliphatic carbocycles. The van der Waals surface area contributed by atoms with Crippen LogP contribution in [0.1, 0.15) is 13.3 Å². The van der Waals surface area contributed by atoms with Gasteiger partial charge in [0.05, 0.1) is 11.4 Å². The van der Waals surface area contributed by atoms with Gasteiger partial charge in [0.25, 0.3) is 0 Å². The van der Waals surface area contributed by atoms with Crippen LogP contribution in [0.2, 0.25) is 0 Å². The summed E-state index contributed by atoms with van der Waals surface area (Å²) in [5.74, 6) is -0.108. The SMILES string of the molecule is C[C@H]1CC(=O)Nc2ccccc2N1C(N)=O. The lowest BCUT2D eigenvalue weighted by Crippen LogP contribution is -2.42. The third-order valence-electron chi connectivity index (χ3n) is 2.60. The molecule has 0 spiro atoms. The van der Waals surface area contributed by atoms with E-state index < -0.39 is 6.03 Å². The van der Waals surface area contributed by atoms with Crippen LogP contribution in [-0.4, -0.2) is 18.0 Å². The Bertz CT molecular complexity index is 445. The van der Waals surface area contributed by atoms with Gasteiger partial charge in [0.15, 0.2) is 0 Å². The molecule has 5 heteroatoms. The zero-order valence-electron chi connectivity index (χ0n) is 8.93. The molecule has 1 aromatic carbocycles. The molecule has 0 unspecified atom stereocenters. The maximum atomic E-state index is 11.5. The molecule has 0 bridgehead atoms. The van der Waals surface area contributed by atoms with Crippen molar-refractivity contribution in [2.24, 2.45) is 5.73 Å². The minimum absolute atomic E-state index is 0.108. The fourth-order valence-corrected chi connectivity index (χ4v) is 1.92. The van der Waals surface area contributed by atoms with Crippen molar-refractivity contribution in [1.82, 2.24) is 0 Å². The van der Waals surface area contributed by atoms with E-state index in [9.17, 15) is 9.59 Å². The van der Waals surface area contributed by atoms with E-state index in [1.165, 1.54) is 4.90 Å². The van der Waals surface area contributed by atoms with Crippen molar-refractivity contribution in [3.8, 4) is 0 Å².